The molecule has 0 radical (unpaired) electrons. The molecule has 108 valence electrons. The van der Waals surface area contributed by atoms with E-state index in [1.807, 2.05) is 30.5 Å². The summed E-state index contributed by atoms with van der Waals surface area (Å²) in [7, 11) is 0. The molecule has 4 rings (SSSR count). The minimum atomic E-state index is -0.112. The predicted molar refractivity (Wildman–Crippen MR) is 98.9 cm³/mol. The Kier molecular flexibility index (Phi) is 3.22. The maximum absolute atomic E-state index is 12.7. The smallest absolute Gasteiger partial charge is 0.200 e. The number of carbonyl (C=O) groups is 2. The van der Waals surface area contributed by atoms with Gasteiger partial charge in [0.05, 0.1) is 4.91 Å². The maximum atomic E-state index is 12.7. The number of ketones is 2. The van der Waals surface area contributed by atoms with E-state index >= 15 is 0 Å². The molecular formula is C17H8Br2O2S. The van der Waals surface area contributed by atoms with Crippen LogP contribution in [0.15, 0.2) is 35.2 Å². The SMILES string of the molecule is CSC1=CC(=O)c2ccc3c4c(ccc(c24)C1=O)C(Br)=C3Br. The van der Waals surface area contributed by atoms with Gasteiger partial charge in [-0.1, -0.05) is 12.1 Å². The fourth-order valence-corrected chi connectivity index (χ4v) is 4.65. The van der Waals surface area contributed by atoms with Gasteiger partial charge in [-0.3, -0.25) is 9.59 Å². The summed E-state index contributed by atoms with van der Waals surface area (Å²) >= 11 is 8.49. The van der Waals surface area contributed by atoms with Crippen LogP contribution < -0.4 is 0 Å². The predicted octanol–water partition coefficient (Wildman–Crippen LogP) is 5.39. The lowest BCUT2D eigenvalue weighted by Crippen LogP contribution is -2.01. The molecule has 2 nitrogen and oxygen atoms in total. The molecular weight excluding hydrogens is 428 g/mol. The second-order valence-corrected chi connectivity index (χ2v) is 7.54. The van der Waals surface area contributed by atoms with E-state index in [9.17, 15) is 9.59 Å². The van der Waals surface area contributed by atoms with Gasteiger partial charge < -0.3 is 0 Å². The second-order valence-electron chi connectivity index (χ2n) is 5.11. The Morgan fingerprint density at radius 3 is 1.91 bits per heavy atom. The minimum absolute atomic E-state index is 0.0811. The van der Waals surface area contributed by atoms with Gasteiger partial charge in [0.1, 0.15) is 0 Å². The highest BCUT2D eigenvalue weighted by molar-refractivity contribution is 9.18. The van der Waals surface area contributed by atoms with Gasteiger partial charge in [0.2, 0.25) is 0 Å². The Hall–Kier alpha value is -1.17. The number of hydrogen-bond acceptors (Lipinski definition) is 3. The van der Waals surface area contributed by atoms with Crippen molar-refractivity contribution in [3.63, 3.8) is 0 Å². The van der Waals surface area contributed by atoms with Crippen LogP contribution in [0.4, 0.5) is 0 Å². The monoisotopic (exact) mass is 434 g/mol. The van der Waals surface area contributed by atoms with E-state index in [1.54, 1.807) is 0 Å². The van der Waals surface area contributed by atoms with Gasteiger partial charge in [-0.05, 0) is 66.8 Å². The second kappa shape index (κ2) is 4.91. The molecule has 2 aliphatic rings. The zero-order chi connectivity index (χ0) is 15.6. The molecule has 0 amide bonds. The summed E-state index contributed by atoms with van der Waals surface area (Å²) in [5, 5.41) is 1.72. The van der Waals surface area contributed by atoms with Crippen LogP contribution in [0.2, 0.25) is 0 Å². The van der Waals surface area contributed by atoms with Crippen LogP contribution in [0, 0.1) is 0 Å². The third-order valence-electron chi connectivity index (χ3n) is 4.04. The molecule has 0 heterocycles. The summed E-state index contributed by atoms with van der Waals surface area (Å²) in [5.41, 5.74) is 3.21. The molecule has 0 saturated heterocycles. The van der Waals surface area contributed by atoms with Crippen molar-refractivity contribution in [2.75, 3.05) is 6.26 Å². The Morgan fingerprint density at radius 2 is 1.32 bits per heavy atom. The lowest BCUT2D eigenvalue weighted by Gasteiger charge is -2.10. The molecule has 0 aromatic heterocycles. The first-order chi connectivity index (χ1) is 10.5. The highest BCUT2D eigenvalue weighted by Crippen LogP contribution is 2.49. The zero-order valence-corrected chi connectivity index (χ0v) is 15.4. The third-order valence-corrected chi connectivity index (χ3v) is 6.96. The van der Waals surface area contributed by atoms with Crippen molar-refractivity contribution < 1.29 is 9.59 Å². The summed E-state index contributed by atoms with van der Waals surface area (Å²) in [6, 6.07) is 7.51. The van der Waals surface area contributed by atoms with Crippen LogP contribution in [-0.4, -0.2) is 17.8 Å². The van der Waals surface area contributed by atoms with E-state index in [-0.39, 0.29) is 11.6 Å². The van der Waals surface area contributed by atoms with Crippen molar-refractivity contribution in [3.05, 3.63) is 57.5 Å². The van der Waals surface area contributed by atoms with E-state index < -0.39 is 0 Å². The van der Waals surface area contributed by atoms with E-state index in [0.29, 0.717) is 16.0 Å². The summed E-state index contributed by atoms with van der Waals surface area (Å²) in [6.07, 6.45) is 3.27. The minimum Gasteiger partial charge on any atom is -0.289 e. The topological polar surface area (TPSA) is 34.1 Å². The van der Waals surface area contributed by atoms with Crippen molar-refractivity contribution in [2.45, 2.75) is 0 Å². The maximum Gasteiger partial charge on any atom is 0.200 e. The van der Waals surface area contributed by atoms with Gasteiger partial charge in [0.15, 0.2) is 11.6 Å². The van der Waals surface area contributed by atoms with E-state index in [1.165, 1.54) is 17.8 Å². The van der Waals surface area contributed by atoms with E-state index in [4.69, 9.17) is 0 Å². The Morgan fingerprint density at radius 1 is 0.818 bits per heavy atom. The van der Waals surface area contributed by atoms with Crippen LogP contribution in [0.25, 0.3) is 19.7 Å². The van der Waals surface area contributed by atoms with Gasteiger partial charge in [-0.2, -0.15) is 0 Å². The first kappa shape index (κ1) is 14.4. The lowest BCUT2D eigenvalue weighted by atomic mass is 9.93. The number of hydrogen-bond donors (Lipinski definition) is 0. The first-order valence-electron chi connectivity index (χ1n) is 6.55. The Labute approximate surface area is 147 Å². The zero-order valence-electron chi connectivity index (χ0n) is 11.4. The average molecular weight is 436 g/mol. The molecule has 0 fully saturated rings. The molecule has 0 spiro atoms. The average Bonchev–Trinajstić information content (AvgIpc) is 2.72. The number of benzene rings is 2. The van der Waals surface area contributed by atoms with E-state index in [0.717, 1.165) is 30.9 Å². The molecule has 0 aliphatic heterocycles. The van der Waals surface area contributed by atoms with E-state index in [2.05, 4.69) is 31.9 Å². The summed E-state index contributed by atoms with van der Waals surface area (Å²) in [4.78, 5) is 25.7. The fourth-order valence-electron chi connectivity index (χ4n) is 3.04. The molecule has 22 heavy (non-hydrogen) atoms. The van der Waals surface area contributed by atoms with Crippen molar-refractivity contribution in [3.8, 4) is 0 Å². The molecule has 5 heteroatoms. The van der Waals surface area contributed by atoms with Gasteiger partial charge in [-0.25, -0.2) is 0 Å². The van der Waals surface area contributed by atoms with Crippen LogP contribution in [-0.2, 0) is 0 Å². The summed E-state index contributed by atoms with van der Waals surface area (Å²) in [6.45, 7) is 0. The number of halogens is 2. The van der Waals surface area contributed by atoms with Crippen molar-refractivity contribution in [2.24, 2.45) is 0 Å². The van der Waals surface area contributed by atoms with Gasteiger partial charge in [-0.15, -0.1) is 11.8 Å². The molecule has 0 saturated carbocycles. The Bertz CT molecular complexity index is 952. The van der Waals surface area contributed by atoms with Gasteiger partial charge >= 0.3 is 0 Å². The normalized spacial score (nSPS) is 16.4. The van der Waals surface area contributed by atoms with Crippen LogP contribution >= 0.6 is 43.6 Å². The number of carbonyl (C=O) groups excluding carboxylic acids is 2. The van der Waals surface area contributed by atoms with Crippen LogP contribution in [0.1, 0.15) is 31.8 Å². The van der Waals surface area contributed by atoms with Crippen LogP contribution in [0.5, 0.6) is 0 Å². The van der Waals surface area contributed by atoms with Crippen molar-refractivity contribution in [1.82, 2.24) is 0 Å². The lowest BCUT2D eigenvalue weighted by molar-refractivity contribution is 0.102. The first-order valence-corrected chi connectivity index (χ1v) is 9.36. The largest absolute Gasteiger partial charge is 0.289 e. The molecule has 0 atom stereocenters. The van der Waals surface area contributed by atoms with Crippen LogP contribution in [0.3, 0.4) is 0 Å². The van der Waals surface area contributed by atoms with Crippen molar-refractivity contribution >= 4 is 74.9 Å². The molecule has 2 aliphatic carbocycles. The highest BCUT2D eigenvalue weighted by Gasteiger charge is 2.30. The summed E-state index contributed by atoms with van der Waals surface area (Å²) in [5.74, 6) is -0.193. The number of thioether (sulfide) groups is 1. The summed E-state index contributed by atoms with van der Waals surface area (Å²) < 4.78 is 1.90. The van der Waals surface area contributed by atoms with Gasteiger partial charge in [0.25, 0.3) is 0 Å². The Balaban J connectivity index is 2.20. The number of allylic oxidation sites excluding steroid dienone is 2. The molecule has 2 aromatic rings. The molecule has 2 aromatic carbocycles. The van der Waals surface area contributed by atoms with Gasteiger partial charge in [0, 0.05) is 31.6 Å². The number of Topliss-reactive ketones (excluding diaryl/α,β-unsaturated/α-hetero) is 1. The number of rotatable bonds is 1. The fraction of sp³-hybridized carbons (Fsp3) is 0.0588. The molecule has 0 N–H and O–H groups in total. The quantitative estimate of drug-likeness (QED) is 0.601. The third kappa shape index (κ3) is 1.73. The highest BCUT2D eigenvalue weighted by atomic mass is 79.9. The molecule has 0 bridgehead atoms. The molecule has 0 unspecified atom stereocenters. The van der Waals surface area contributed by atoms with Crippen molar-refractivity contribution in [1.29, 1.82) is 0 Å². The standard InChI is InChI=1S/C17H8Br2O2S/c1-22-12-6-11(20)7-2-3-8-14-9(16(19)15(8)18)4-5-10(13(7)14)17(12)21/h2-6H,1H3.